The first-order chi connectivity index (χ1) is 12.0. The number of rotatable bonds is 4. The molecule has 1 aliphatic rings. The topological polar surface area (TPSA) is 53.2 Å². The van der Waals surface area contributed by atoms with Gasteiger partial charge in [0.15, 0.2) is 0 Å². The van der Waals surface area contributed by atoms with Gasteiger partial charge >= 0.3 is 0 Å². The number of hydrogen-bond donors (Lipinski definition) is 1. The minimum absolute atomic E-state index is 0.0454. The quantitative estimate of drug-likeness (QED) is 0.863. The number of pyridine rings is 1. The molecule has 1 atom stereocenters. The van der Waals surface area contributed by atoms with Crippen molar-refractivity contribution in [2.24, 2.45) is 0 Å². The van der Waals surface area contributed by atoms with E-state index in [9.17, 15) is 9.59 Å². The molecule has 3 rings (SSSR count). The molecule has 4 nitrogen and oxygen atoms in total. The van der Waals surface area contributed by atoms with Crippen molar-refractivity contribution in [3.8, 4) is 11.1 Å². The number of H-pyrrole nitrogens is 1. The molecule has 0 aliphatic carbocycles. The lowest BCUT2D eigenvalue weighted by Gasteiger charge is -2.24. The summed E-state index contributed by atoms with van der Waals surface area (Å²) in [5, 5.41) is 0. The Morgan fingerprint density at radius 1 is 1.24 bits per heavy atom. The second-order valence-electron chi connectivity index (χ2n) is 6.64. The minimum Gasteiger partial charge on any atom is -0.328 e. The molecular weight excluding hydrogens is 312 g/mol. The third-order valence-electron chi connectivity index (χ3n) is 4.85. The van der Waals surface area contributed by atoms with E-state index >= 15 is 0 Å². The predicted octanol–water partition coefficient (Wildman–Crippen LogP) is 3.84. The lowest BCUT2D eigenvalue weighted by molar-refractivity contribution is 0.0744. The average molecular weight is 336 g/mol. The number of nitrogens with one attached hydrogen (secondary N) is 1. The number of carbonyl (C=O) groups is 1. The van der Waals surface area contributed by atoms with Crippen LogP contribution in [0.25, 0.3) is 11.1 Å². The largest absolute Gasteiger partial charge is 0.328 e. The van der Waals surface area contributed by atoms with Crippen LogP contribution in [-0.4, -0.2) is 28.4 Å². The fourth-order valence-corrected chi connectivity index (χ4v) is 3.25. The summed E-state index contributed by atoms with van der Waals surface area (Å²) in [6.07, 6.45) is 6.21. The Bertz CT molecular complexity index is 862. The normalized spacial score (nSPS) is 16.4. The summed E-state index contributed by atoms with van der Waals surface area (Å²) >= 11 is 0. The Morgan fingerprint density at radius 3 is 2.64 bits per heavy atom. The molecule has 2 aromatic rings. The van der Waals surface area contributed by atoms with Crippen LogP contribution in [0.5, 0.6) is 0 Å². The van der Waals surface area contributed by atoms with Crippen molar-refractivity contribution in [1.82, 2.24) is 9.88 Å². The number of aryl methyl sites for hydroxylation is 2. The van der Waals surface area contributed by atoms with Gasteiger partial charge in [-0.1, -0.05) is 37.6 Å². The minimum atomic E-state index is -0.103. The summed E-state index contributed by atoms with van der Waals surface area (Å²) in [5.41, 5.74) is 3.94. The summed E-state index contributed by atoms with van der Waals surface area (Å²) in [7, 11) is 0. The average Bonchev–Trinajstić information content (AvgIpc) is 3.06. The van der Waals surface area contributed by atoms with Gasteiger partial charge in [0.2, 0.25) is 0 Å². The number of carbonyl (C=O) groups excluding carboxylic acids is 1. The molecule has 2 heterocycles. The first kappa shape index (κ1) is 17.2. The van der Waals surface area contributed by atoms with Crippen LogP contribution in [-0.2, 0) is 0 Å². The van der Waals surface area contributed by atoms with Gasteiger partial charge in [0.25, 0.3) is 11.5 Å². The molecule has 1 aliphatic heterocycles. The van der Waals surface area contributed by atoms with E-state index in [-0.39, 0.29) is 17.5 Å². The third kappa shape index (κ3) is 3.43. The summed E-state index contributed by atoms with van der Waals surface area (Å²) in [6, 6.07) is 9.42. The number of aromatic amines is 1. The zero-order valence-electron chi connectivity index (χ0n) is 15.0. The van der Waals surface area contributed by atoms with Gasteiger partial charge in [0, 0.05) is 23.4 Å². The van der Waals surface area contributed by atoms with E-state index in [0.29, 0.717) is 17.7 Å². The fraction of sp³-hybridized carbons (Fsp3) is 0.333. The number of aromatic nitrogens is 1. The molecule has 1 aromatic heterocycles. The van der Waals surface area contributed by atoms with Crippen LogP contribution in [0.15, 0.2) is 47.3 Å². The smallest absolute Gasteiger partial charge is 0.256 e. The van der Waals surface area contributed by atoms with Crippen LogP contribution >= 0.6 is 0 Å². The van der Waals surface area contributed by atoms with Crippen LogP contribution in [0.1, 0.15) is 41.4 Å². The summed E-state index contributed by atoms with van der Waals surface area (Å²) in [6.45, 7) is 6.66. The lowest BCUT2D eigenvalue weighted by atomic mass is 10.0. The van der Waals surface area contributed by atoms with E-state index in [0.717, 1.165) is 29.7 Å². The zero-order chi connectivity index (χ0) is 18.0. The van der Waals surface area contributed by atoms with Crippen molar-refractivity contribution in [2.45, 2.75) is 39.7 Å². The maximum Gasteiger partial charge on any atom is 0.256 e. The summed E-state index contributed by atoms with van der Waals surface area (Å²) in [4.78, 5) is 29.7. The van der Waals surface area contributed by atoms with E-state index in [2.05, 4.69) is 24.1 Å². The van der Waals surface area contributed by atoms with Gasteiger partial charge in [-0.2, -0.15) is 0 Å². The first-order valence-electron chi connectivity index (χ1n) is 8.80. The molecule has 0 saturated carbocycles. The van der Waals surface area contributed by atoms with Crippen molar-refractivity contribution >= 4 is 5.91 Å². The first-order valence-corrected chi connectivity index (χ1v) is 8.80. The Kier molecular flexibility index (Phi) is 4.88. The Hall–Kier alpha value is -2.62. The predicted molar refractivity (Wildman–Crippen MR) is 101 cm³/mol. The molecular formula is C21H24N2O2. The van der Waals surface area contributed by atoms with Gasteiger partial charge in [-0.05, 0) is 49.6 Å². The van der Waals surface area contributed by atoms with Gasteiger partial charge in [0.1, 0.15) is 0 Å². The third-order valence-corrected chi connectivity index (χ3v) is 4.85. The second-order valence-corrected chi connectivity index (χ2v) is 6.64. The second kappa shape index (κ2) is 7.09. The van der Waals surface area contributed by atoms with E-state index in [4.69, 9.17) is 0 Å². The van der Waals surface area contributed by atoms with Gasteiger partial charge in [-0.15, -0.1) is 0 Å². The van der Waals surface area contributed by atoms with Gasteiger partial charge in [-0.25, -0.2) is 0 Å². The number of nitrogens with zero attached hydrogens (tertiary/aromatic N) is 1. The SMILES string of the molecule is CCCC1C=CCN1C(=O)c1ccc(-c2cc(C)c(C)[nH]c2=O)cc1. The molecule has 1 N–H and O–H groups in total. The molecule has 25 heavy (non-hydrogen) atoms. The highest BCUT2D eigenvalue weighted by Crippen LogP contribution is 2.21. The number of benzene rings is 1. The molecule has 0 bridgehead atoms. The Labute approximate surface area is 148 Å². The molecule has 1 amide bonds. The zero-order valence-corrected chi connectivity index (χ0v) is 15.0. The van der Waals surface area contributed by atoms with Crippen LogP contribution < -0.4 is 5.56 Å². The molecule has 0 fully saturated rings. The summed E-state index contributed by atoms with van der Waals surface area (Å²) < 4.78 is 0. The molecule has 1 unspecified atom stereocenters. The molecule has 0 radical (unpaired) electrons. The monoisotopic (exact) mass is 336 g/mol. The van der Waals surface area contributed by atoms with Crippen molar-refractivity contribution in [1.29, 1.82) is 0 Å². The van der Waals surface area contributed by atoms with Crippen LogP contribution in [0, 0.1) is 13.8 Å². The Morgan fingerprint density at radius 2 is 1.96 bits per heavy atom. The maximum atomic E-state index is 12.8. The van der Waals surface area contributed by atoms with E-state index < -0.39 is 0 Å². The number of amides is 1. The van der Waals surface area contributed by atoms with Gasteiger partial charge in [-0.3, -0.25) is 9.59 Å². The highest BCUT2D eigenvalue weighted by molar-refractivity contribution is 5.95. The molecule has 130 valence electrons. The molecule has 4 heteroatoms. The van der Waals surface area contributed by atoms with Crippen molar-refractivity contribution in [2.75, 3.05) is 6.54 Å². The molecule has 0 spiro atoms. The Balaban J connectivity index is 1.84. The van der Waals surface area contributed by atoms with E-state index in [1.165, 1.54) is 0 Å². The van der Waals surface area contributed by atoms with Crippen molar-refractivity contribution < 1.29 is 4.79 Å². The lowest BCUT2D eigenvalue weighted by Crippen LogP contribution is -2.35. The van der Waals surface area contributed by atoms with E-state index in [1.807, 2.05) is 49.1 Å². The number of hydrogen-bond acceptors (Lipinski definition) is 2. The molecule has 0 saturated heterocycles. The highest BCUT2D eigenvalue weighted by Gasteiger charge is 2.24. The molecule has 1 aromatic carbocycles. The van der Waals surface area contributed by atoms with Crippen molar-refractivity contribution in [3.63, 3.8) is 0 Å². The van der Waals surface area contributed by atoms with Gasteiger partial charge < -0.3 is 9.88 Å². The van der Waals surface area contributed by atoms with Crippen LogP contribution in [0.4, 0.5) is 0 Å². The van der Waals surface area contributed by atoms with Crippen LogP contribution in [0.3, 0.4) is 0 Å². The van der Waals surface area contributed by atoms with Gasteiger partial charge in [0.05, 0.1) is 6.04 Å². The summed E-state index contributed by atoms with van der Waals surface area (Å²) in [5.74, 6) is 0.0454. The highest BCUT2D eigenvalue weighted by atomic mass is 16.2. The van der Waals surface area contributed by atoms with E-state index in [1.54, 1.807) is 0 Å². The standard InChI is InChI=1S/C21H24N2O2/c1-4-6-18-7-5-12-23(18)21(25)17-10-8-16(9-11-17)19-13-14(2)15(3)22-20(19)24/h5,7-11,13,18H,4,6,12H2,1-3H3,(H,22,24). The van der Waals surface area contributed by atoms with Crippen molar-refractivity contribution in [3.05, 3.63) is 69.7 Å². The van der Waals surface area contributed by atoms with Crippen LogP contribution in [0.2, 0.25) is 0 Å². The maximum absolute atomic E-state index is 12.8. The fourth-order valence-electron chi connectivity index (χ4n) is 3.25.